The van der Waals surface area contributed by atoms with E-state index in [1.54, 1.807) is 6.26 Å². The minimum Gasteiger partial charge on any atom is -0.468 e. The fourth-order valence-electron chi connectivity index (χ4n) is 2.60. The van der Waals surface area contributed by atoms with Gasteiger partial charge in [-0.15, -0.1) is 0 Å². The van der Waals surface area contributed by atoms with E-state index in [9.17, 15) is 8.42 Å². The molecule has 1 fully saturated rings. The molecule has 7 nitrogen and oxygen atoms in total. The maximum atomic E-state index is 12.2. The van der Waals surface area contributed by atoms with Gasteiger partial charge < -0.3 is 4.42 Å². The van der Waals surface area contributed by atoms with Crippen LogP contribution >= 0.6 is 0 Å². The zero-order valence-corrected chi connectivity index (χ0v) is 12.3. The maximum Gasteiger partial charge on any atom is 0.243 e. The summed E-state index contributed by atoms with van der Waals surface area (Å²) in [6.45, 7) is 2.19. The molecule has 1 aliphatic heterocycles. The third-order valence-corrected chi connectivity index (χ3v) is 5.09. The van der Waals surface area contributed by atoms with Crippen LogP contribution in [0.5, 0.6) is 0 Å². The van der Waals surface area contributed by atoms with Crippen LogP contribution in [0.4, 0.5) is 0 Å². The fourth-order valence-corrected chi connectivity index (χ4v) is 3.55. The predicted molar refractivity (Wildman–Crippen MR) is 76.0 cm³/mol. The van der Waals surface area contributed by atoms with Crippen LogP contribution in [-0.4, -0.2) is 43.1 Å². The van der Waals surface area contributed by atoms with Crippen LogP contribution in [0.2, 0.25) is 0 Å². The summed E-state index contributed by atoms with van der Waals surface area (Å²) in [4.78, 5) is 2.39. The van der Waals surface area contributed by atoms with Crippen LogP contribution in [0.25, 0.3) is 0 Å². The highest BCUT2D eigenvalue weighted by molar-refractivity contribution is 7.89. The van der Waals surface area contributed by atoms with E-state index in [0.29, 0.717) is 0 Å². The molecule has 0 aromatic carbocycles. The molecule has 2 N–H and O–H groups in total. The van der Waals surface area contributed by atoms with Gasteiger partial charge in [-0.2, -0.15) is 5.10 Å². The largest absolute Gasteiger partial charge is 0.468 e. The number of rotatable bonds is 6. The number of hydrogen-bond acceptors (Lipinski definition) is 5. The standard InChI is InChI=1S/C13H18N4O3S/c18-21(19,11-8-14-15-9-11)16-10-12(13-4-3-7-20-13)17-5-1-2-6-17/h3-4,7-9,12,16H,1-2,5-6,10H2,(H,14,15). The van der Waals surface area contributed by atoms with Gasteiger partial charge >= 0.3 is 0 Å². The smallest absolute Gasteiger partial charge is 0.243 e. The van der Waals surface area contributed by atoms with Crippen LogP contribution in [-0.2, 0) is 10.0 Å². The molecule has 3 heterocycles. The first-order chi connectivity index (χ1) is 10.2. The fraction of sp³-hybridized carbons (Fsp3) is 0.462. The van der Waals surface area contributed by atoms with Gasteiger partial charge in [0.1, 0.15) is 10.7 Å². The number of sulfonamides is 1. The summed E-state index contributed by atoms with van der Waals surface area (Å²) in [7, 11) is -3.54. The molecule has 8 heteroatoms. The lowest BCUT2D eigenvalue weighted by Crippen LogP contribution is -2.36. The second-order valence-corrected chi connectivity index (χ2v) is 6.83. The molecule has 0 saturated carbocycles. The molecule has 1 unspecified atom stereocenters. The van der Waals surface area contributed by atoms with Crippen LogP contribution in [0.1, 0.15) is 24.6 Å². The van der Waals surface area contributed by atoms with Crippen molar-refractivity contribution in [3.05, 3.63) is 36.5 Å². The topological polar surface area (TPSA) is 91.2 Å². The van der Waals surface area contributed by atoms with Crippen LogP contribution in [0.3, 0.4) is 0 Å². The van der Waals surface area contributed by atoms with Crippen molar-refractivity contribution in [2.24, 2.45) is 0 Å². The first-order valence-corrected chi connectivity index (χ1v) is 8.41. The summed E-state index contributed by atoms with van der Waals surface area (Å²) >= 11 is 0. The van der Waals surface area contributed by atoms with Gasteiger partial charge in [-0.1, -0.05) is 0 Å². The molecule has 1 saturated heterocycles. The zero-order chi connectivity index (χ0) is 14.7. The number of aromatic nitrogens is 2. The van der Waals surface area contributed by atoms with Crippen molar-refractivity contribution in [2.75, 3.05) is 19.6 Å². The lowest BCUT2D eigenvalue weighted by Gasteiger charge is -2.25. The van der Waals surface area contributed by atoms with Crippen molar-refractivity contribution in [1.82, 2.24) is 19.8 Å². The second-order valence-electron chi connectivity index (χ2n) is 5.06. The molecule has 1 aliphatic rings. The third kappa shape index (κ3) is 3.17. The molecule has 2 aromatic heterocycles. The summed E-state index contributed by atoms with van der Waals surface area (Å²) in [5.74, 6) is 0.784. The van der Waals surface area contributed by atoms with Crippen molar-refractivity contribution < 1.29 is 12.8 Å². The third-order valence-electron chi connectivity index (χ3n) is 3.70. The van der Waals surface area contributed by atoms with Crippen molar-refractivity contribution in [3.63, 3.8) is 0 Å². The molecular weight excluding hydrogens is 292 g/mol. The first-order valence-electron chi connectivity index (χ1n) is 6.93. The van der Waals surface area contributed by atoms with E-state index in [4.69, 9.17) is 4.42 Å². The van der Waals surface area contributed by atoms with Gasteiger partial charge in [-0.05, 0) is 38.1 Å². The Morgan fingerprint density at radius 3 is 2.86 bits per heavy atom. The van der Waals surface area contributed by atoms with Gasteiger partial charge in [0.25, 0.3) is 0 Å². The van der Waals surface area contributed by atoms with Crippen molar-refractivity contribution >= 4 is 10.0 Å². The Hall–Kier alpha value is -1.64. The molecule has 0 bridgehead atoms. The van der Waals surface area contributed by atoms with E-state index >= 15 is 0 Å². The Bertz CT molecular complexity index is 646. The molecular formula is C13H18N4O3S. The number of H-pyrrole nitrogens is 1. The number of nitrogens with zero attached hydrogens (tertiary/aromatic N) is 2. The highest BCUT2D eigenvalue weighted by Gasteiger charge is 2.27. The van der Waals surface area contributed by atoms with E-state index in [-0.39, 0.29) is 17.5 Å². The number of aromatic amines is 1. The lowest BCUT2D eigenvalue weighted by atomic mass is 10.2. The summed E-state index contributed by atoms with van der Waals surface area (Å²) in [6.07, 6.45) is 6.53. The van der Waals surface area contributed by atoms with Crippen LogP contribution in [0.15, 0.2) is 40.1 Å². The molecule has 3 rings (SSSR count). The predicted octanol–water partition coefficient (Wildman–Crippen LogP) is 1.12. The quantitative estimate of drug-likeness (QED) is 0.834. The minimum absolute atomic E-state index is 0.0795. The second kappa shape index (κ2) is 6.00. The van der Waals surface area contributed by atoms with E-state index < -0.39 is 10.0 Å². The highest BCUT2D eigenvalue weighted by Crippen LogP contribution is 2.25. The molecule has 0 aliphatic carbocycles. The molecule has 1 atom stereocenters. The Morgan fingerprint density at radius 1 is 1.43 bits per heavy atom. The first kappa shape index (κ1) is 14.3. The van der Waals surface area contributed by atoms with Gasteiger partial charge in [-0.25, -0.2) is 13.1 Å². The Balaban J connectivity index is 1.73. The summed E-state index contributed by atoms with van der Waals surface area (Å²) in [6, 6.07) is 3.63. The van der Waals surface area contributed by atoms with Crippen LogP contribution < -0.4 is 4.72 Å². The van der Waals surface area contributed by atoms with E-state index in [1.807, 2.05) is 12.1 Å². The Morgan fingerprint density at radius 2 is 2.24 bits per heavy atom. The Kier molecular flexibility index (Phi) is 4.09. The van der Waals surface area contributed by atoms with Gasteiger partial charge in [0.05, 0.1) is 18.5 Å². The number of likely N-dealkylation sites (tertiary alicyclic amines) is 1. The number of nitrogens with one attached hydrogen (secondary N) is 2. The lowest BCUT2D eigenvalue weighted by molar-refractivity contribution is 0.216. The van der Waals surface area contributed by atoms with Crippen molar-refractivity contribution in [2.45, 2.75) is 23.8 Å². The Labute approximate surface area is 123 Å². The molecule has 0 amide bonds. The zero-order valence-electron chi connectivity index (χ0n) is 11.5. The average Bonchev–Trinajstić information content (AvgIpc) is 3.23. The van der Waals surface area contributed by atoms with E-state index in [2.05, 4.69) is 19.8 Å². The molecule has 0 radical (unpaired) electrons. The van der Waals surface area contributed by atoms with Gasteiger partial charge in [0.2, 0.25) is 10.0 Å². The summed E-state index contributed by atoms with van der Waals surface area (Å²) < 4.78 is 32.4. The summed E-state index contributed by atoms with van der Waals surface area (Å²) in [5, 5.41) is 6.18. The normalized spacial score (nSPS) is 18.1. The van der Waals surface area contributed by atoms with Gasteiger partial charge in [0.15, 0.2) is 0 Å². The molecule has 2 aromatic rings. The molecule has 114 valence electrons. The minimum atomic E-state index is -3.54. The van der Waals surface area contributed by atoms with Crippen molar-refractivity contribution in [3.8, 4) is 0 Å². The van der Waals surface area contributed by atoms with Gasteiger partial charge in [0, 0.05) is 12.7 Å². The maximum absolute atomic E-state index is 12.2. The van der Waals surface area contributed by atoms with Crippen LogP contribution in [0, 0.1) is 0 Å². The van der Waals surface area contributed by atoms with Gasteiger partial charge in [-0.3, -0.25) is 10.00 Å². The van der Waals surface area contributed by atoms with E-state index in [1.165, 1.54) is 12.4 Å². The van der Waals surface area contributed by atoms with Crippen molar-refractivity contribution in [1.29, 1.82) is 0 Å². The SMILES string of the molecule is O=S(=O)(NCC(c1ccco1)N1CCCC1)c1cn[nH]c1. The monoisotopic (exact) mass is 310 g/mol. The average molecular weight is 310 g/mol. The molecule has 21 heavy (non-hydrogen) atoms. The highest BCUT2D eigenvalue weighted by atomic mass is 32.2. The number of hydrogen-bond donors (Lipinski definition) is 2. The number of furan rings is 1. The molecule has 0 spiro atoms. The van der Waals surface area contributed by atoms with E-state index in [0.717, 1.165) is 31.7 Å². The summed E-state index contributed by atoms with van der Waals surface area (Å²) in [5.41, 5.74) is 0.